The van der Waals surface area contributed by atoms with Gasteiger partial charge in [0.25, 0.3) is 5.91 Å². The molecule has 0 saturated carbocycles. The lowest BCUT2D eigenvalue weighted by Gasteiger charge is -2.07. The summed E-state index contributed by atoms with van der Waals surface area (Å²) in [4.78, 5) is 23.8. The summed E-state index contributed by atoms with van der Waals surface area (Å²) in [6.07, 6.45) is 0. The van der Waals surface area contributed by atoms with E-state index < -0.39 is 0 Å². The number of amides is 1. The quantitative estimate of drug-likeness (QED) is 0.641. The van der Waals surface area contributed by atoms with Crippen LogP contribution in [-0.2, 0) is 0 Å². The van der Waals surface area contributed by atoms with E-state index >= 15 is 0 Å². The van der Waals surface area contributed by atoms with E-state index in [-0.39, 0.29) is 11.7 Å². The normalized spacial score (nSPS) is 9.62. The summed E-state index contributed by atoms with van der Waals surface area (Å²) in [6.45, 7) is 3.55. The predicted octanol–water partition coefficient (Wildman–Crippen LogP) is 2.01. The molecule has 16 heavy (non-hydrogen) atoms. The third kappa shape index (κ3) is 3.24. The maximum Gasteiger partial charge on any atom is 0.252 e. The molecule has 4 heteroatoms. The highest BCUT2D eigenvalue weighted by Gasteiger charge is 2.12. The molecule has 1 aromatic carbocycles. The van der Waals surface area contributed by atoms with E-state index in [0.717, 1.165) is 0 Å². The molecule has 1 rings (SSSR count). The van der Waals surface area contributed by atoms with Gasteiger partial charge < -0.3 is 5.32 Å². The lowest BCUT2D eigenvalue weighted by Crippen LogP contribution is -2.28. The third-order valence-electron chi connectivity index (χ3n) is 2.05. The van der Waals surface area contributed by atoms with E-state index in [1.54, 1.807) is 31.2 Å². The highest BCUT2D eigenvalue weighted by Crippen LogP contribution is 2.09. The van der Waals surface area contributed by atoms with Crippen molar-refractivity contribution in [3.8, 4) is 0 Å². The molecule has 0 unspecified atom stereocenters. The van der Waals surface area contributed by atoms with Crippen LogP contribution in [0, 0.1) is 0 Å². The standard InChI is InChI=1S/C12H13NO2S/c1-8(16)7-13-12(15)11-6-4-3-5-10(11)9(2)14/h3-6H,7H2,1-2H3,(H,13,15). The molecule has 84 valence electrons. The predicted molar refractivity (Wildman–Crippen MR) is 67.1 cm³/mol. The number of benzene rings is 1. The summed E-state index contributed by atoms with van der Waals surface area (Å²) in [5.74, 6) is -0.389. The fourth-order valence-corrected chi connectivity index (χ4v) is 1.36. The van der Waals surface area contributed by atoms with Crippen molar-refractivity contribution in [2.24, 2.45) is 0 Å². The Morgan fingerprint density at radius 2 is 1.75 bits per heavy atom. The van der Waals surface area contributed by atoms with Gasteiger partial charge in [-0.25, -0.2) is 0 Å². The Morgan fingerprint density at radius 1 is 1.19 bits per heavy atom. The van der Waals surface area contributed by atoms with Crippen LogP contribution in [0.3, 0.4) is 0 Å². The topological polar surface area (TPSA) is 46.2 Å². The highest BCUT2D eigenvalue weighted by molar-refractivity contribution is 7.80. The summed E-state index contributed by atoms with van der Waals surface area (Å²) < 4.78 is 0. The average molecular weight is 235 g/mol. The van der Waals surface area contributed by atoms with Crippen molar-refractivity contribution in [1.82, 2.24) is 5.32 Å². The van der Waals surface area contributed by atoms with Gasteiger partial charge >= 0.3 is 0 Å². The number of Topliss-reactive ketones (excluding diaryl/α,β-unsaturated/α-hetero) is 1. The minimum atomic E-state index is -0.269. The Labute approximate surface area is 99.9 Å². The van der Waals surface area contributed by atoms with Crippen molar-refractivity contribution >= 4 is 28.8 Å². The fraction of sp³-hybridized carbons (Fsp3) is 0.250. The Hall–Kier alpha value is -1.55. The molecule has 0 heterocycles. The molecule has 1 amide bonds. The lowest BCUT2D eigenvalue weighted by molar-refractivity contribution is 0.0943. The van der Waals surface area contributed by atoms with Crippen molar-refractivity contribution in [2.75, 3.05) is 6.54 Å². The molecule has 3 nitrogen and oxygen atoms in total. The summed E-state index contributed by atoms with van der Waals surface area (Å²) in [7, 11) is 0. The Morgan fingerprint density at radius 3 is 2.25 bits per heavy atom. The fourth-order valence-electron chi connectivity index (χ4n) is 1.29. The number of hydrogen-bond acceptors (Lipinski definition) is 3. The van der Waals surface area contributed by atoms with E-state index in [0.29, 0.717) is 22.5 Å². The summed E-state index contributed by atoms with van der Waals surface area (Å²) in [6, 6.07) is 6.73. The van der Waals surface area contributed by atoms with Crippen molar-refractivity contribution in [3.63, 3.8) is 0 Å². The van der Waals surface area contributed by atoms with Crippen molar-refractivity contribution < 1.29 is 9.59 Å². The monoisotopic (exact) mass is 235 g/mol. The molecule has 1 aromatic rings. The van der Waals surface area contributed by atoms with Crippen LogP contribution in [0.25, 0.3) is 0 Å². The van der Waals surface area contributed by atoms with E-state index in [1.165, 1.54) is 6.92 Å². The van der Waals surface area contributed by atoms with Crippen LogP contribution in [0.1, 0.15) is 34.6 Å². The first-order valence-corrected chi connectivity index (χ1v) is 5.31. The number of rotatable bonds is 4. The van der Waals surface area contributed by atoms with E-state index in [9.17, 15) is 9.59 Å². The second kappa shape index (κ2) is 5.51. The second-order valence-electron chi connectivity index (χ2n) is 3.49. The van der Waals surface area contributed by atoms with Crippen LogP contribution in [0.15, 0.2) is 24.3 Å². The Bertz CT molecular complexity index is 440. The first-order valence-electron chi connectivity index (χ1n) is 4.90. The molecule has 0 aromatic heterocycles. The molecule has 0 radical (unpaired) electrons. The first kappa shape index (κ1) is 12.5. The zero-order valence-electron chi connectivity index (χ0n) is 9.24. The van der Waals surface area contributed by atoms with Crippen molar-refractivity contribution in [3.05, 3.63) is 35.4 Å². The van der Waals surface area contributed by atoms with Gasteiger partial charge in [0.05, 0.1) is 5.56 Å². The van der Waals surface area contributed by atoms with E-state index in [2.05, 4.69) is 5.32 Å². The molecule has 0 spiro atoms. The lowest BCUT2D eigenvalue weighted by atomic mass is 10.0. The van der Waals surface area contributed by atoms with Gasteiger partial charge in [0.1, 0.15) is 0 Å². The maximum atomic E-state index is 11.8. The van der Waals surface area contributed by atoms with Gasteiger partial charge in [-0.1, -0.05) is 30.4 Å². The second-order valence-corrected chi connectivity index (χ2v) is 4.18. The zero-order valence-corrected chi connectivity index (χ0v) is 10.1. The molecule has 0 aliphatic rings. The van der Waals surface area contributed by atoms with Crippen LogP contribution in [-0.4, -0.2) is 23.1 Å². The van der Waals surface area contributed by atoms with Crippen LogP contribution >= 0.6 is 12.2 Å². The number of carbonyl (C=O) groups is 2. The van der Waals surface area contributed by atoms with Crippen LogP contribution in [0.2, 0.25) is 0 Å². The molecule has 0 saturated heterocycles. The largest absolute Gasteiger partial charge is 0.347 e. The molecule has 1 N–H and O–H groups in total. The van der Waals surface area contributed by atoms with Gasteiger partial charge in [0, 0.05) is 17.0 Å². The number of thiocarbonyl (C=S) groups is 1. The molecule has 0 aliphatic heterocycles. The zero-order chi connectivity index (χ0) is 12.1. The van der Waals surface area contributed by atoms with Gasteiger partial charge in [-0.3, -0.25) is 9.59 Å². The first-order chi connectivity index (χ1) is 7.52. The van der Waals surface area contributed by atoms with Gasteiger partial charge in [0.2, 0.25) is 0 Å². The minimum Gasteiger partial charge on any atom is -0.347 e. The van der Waals surface area contributed by atoms with Crippen LogP contribution < -0.4 is 5.32 Å². The van der Waals surface area contributed by atoms with Crippen LogP contribution in [0.4, 0.5) is 0 Å². The van der Waals surface area contributed by atoms with E-state index in [4.69, 9.17) is 12.2 Å². The molecule has 0 fully saturated rings. The summed E-state index contributed by atoms with van der Waals surface area (Å²) in [5, 5.41) is 2.66. The van der Waals surface area contributed by atoms with Gasteiger partial charge in [-0.2, -0.15) is 0 Å². The van der Waals surface area contributed by atoms with Crippen molar-refractivity contribution in [1.29, 1.82) is 0 Å². The van der Waals surface area contributed by atoms with Gasteiger partial charge in [0.15, 0.2) is 5.78 Å². The van der Waals surface area contributed by atoms with Crippen LogP contribution in [0.5, 0.6) is 0 Å². The molecular formula is C12H13NO2S. The molecule has 0 aliphatic carbocycles. The summed E-state index contributed by atoms with van der Waals surface area (Å²) in [5.41, 5.74) is 0.827. The van der Waals surface area contributed by atoms with Gasteiger partial charge in [-0.15, -0.1) is 0 Å². The Balaban J connectivity index is 2.90. The maximum absolute atomic E-state index is 11.8. The van der Waals surface area contributed by atoms with E-state index in [1.807, 2.05) is 0 Å². The molecule has 0 bridgehead atoms. The number of carbonyl (C=O) groups excluding carboxylic acids is 2. The number of ketones is 1. The Kier molecular flexibility index (Phi) is 4.31. The van der Waals surface area contributed by atoms with Gasteiger partial charge in [-0.05, 0) is 19.9 Å². The molecule has 0 atom stereocenters. The smallest absolute Gasteiger partial charge is 0.252 e. The minimum absolute atomic E-state index is 0.121. The number of hydrogen-bond donors (Lipinski definition) is 1. The highest BCUT2D eigenvalue weighted by atomic mass is 32.1. The van der Waals surface area contributed by atoms with Crippen molar-refractivity contribution in [2.45, 2.75) is 13.8 Å². The SMILES string of the molecule is CC(=O)c1ccccc1C(=O)NCC(C)=S. The third-order valence-corrected chi connectivity index (χ3v) is 2.19. The average Bonchev–Trinajstić information content (AvgIpc) is 2.25. The molecular weight excluding hydrogens is 222 g/mol. The summed E-state index contributed by atoms with van der Waals surface area (Å²) >= 11 is 4.87. The number of nitrogens with one attached hydrogen (secondary N) is 1.